The molecular weight excluding hydrogens is 386 g/mol. The third kappa shape index (κ3) is 2.28. The van der Waals surface area contributed by atoms with Gasteiger partial charge < -0.3 is 0 Å². The fourth-order valence-corrected chi connectivity index (χ4v) is 8.22. The van der Waals surface area contributed by atoms with Gasteiger partial charge in [-0.05, 0) is 93.5 Å². The Balaban J connectivity index is 1.90. The van der Waals surface area contributed by atoms with Crippen molar-refractivity contribution in [3.8, 4) is 11.3 Å². The second-order valence-corrected chi connectivity index (χ2v) is 11.4. The SMILES string of the molecule is CCC1(C)c2c(C)cc(C)cc2-c2c3c(c4ccccc4[n+]2C1(C)CC)C1CCC3CC1. The van der Waals surface area contributed by atoms with Crippen LogP contribution in [0.4, 0.5) is 0 Å². The molecule has 3 aromatic rings. The zero-order chi connectivity index (χ0) is 22.4. The molecule has 0 N–H and O–H groups in total. The van der Waals surface area contributed by atoms with Crippen LogP contribution in [0.25, 0.3) is 22.2 Å². The first-order valence-electron chi connectivity index (χ1n) is 13.0. The topological polar surface area (TPSA) is 3.88 Å². The predicted octanol–water partition coefficient (Wildman–Crippen LogP) is 7.97. The van der Waals surface area contributed by atoms with Crippen molar-refractivity contribution in [3.05, 3.63) is 64.2 Å². The van der Waals surface area contributed by atoms with Crippen LogP contribution in [0.1, 0.15) is 106 Å². The molecule has 0 radical (unpaired) electrons. The van der Waals surface area contributed by atoms with E-state index in [2.05, 4.69) is 82.5 Å². The molecule has 1 fully saturated rings. The number of hydrogen-bond donors (Lipinski definition) is 0. The summed E-state index contributed by atoms with van der Waals surface area (Å²) in [6.45, 7) is 14.6. The van der Waals surface area contributed by atoms with Crippen molar-refractivity contribution in [2.75, 3.05) is 0 Å². The van der Waals surface area contributed by atoms with Crippen LogP contribution in [0.2, 0.25) is 0 Å². The van der Waals surface area contributed by atoms with Gasteiger partial charge >= 0.3 is 0 Å². The standard InChI is InChI=1S/C31H38N/c1-7-30(5)28-20(4)17-19(3)18-24(28)29-27-22-15-13-21(14-16-22)26(27)23-11-9-10-12-25(23)32(29)31(30,6)8-2/h9-12,17-18,21-22H,7-8,13-16H2,1-6H3/q+1. The number of nitrogens with zero attached hydrogens (tertiary/aromatic N) is 1. The number of para-hydroxylation sites is 1. The van der Waals surface area contributed by atoms with Crippen LogP contribution >= 0.6 is 0 Å². The van der Waals surface area contributed by atoms with Gasteiger partial charge in [0.15, 0.2) is 5.54 Å². The summed E-state index contributed by atoms with van der Waals surface area (Å²) in [5.74, 6) is 1.47. The fraction of sp³-hybridized carbons (Fsp3) is 0.516. The average Bonchev–Trinajstić information content (AvgIpc) is 2.81. The summed E-state index contributed by atoms with van der Waals surface area (Å²) in [7, 11) is 0. The lowest BCUT2D eigenvalue weighted by Crippen LogP contribution is -2.68. The minimum absolute atomic E-state index is 0.0371. The van der Waals surface area contributed by atoms with Gasteiger partial charge in [0.25, 0.3) is 0 Å². The van der Waals surface area contributed by atoms with Crippen LogP contribution in [-0.4, -0.2) is 0 Å². The smallest absolute Gasteiger partial charge is 0.185 e. The molecule has 1 aromatic heterocycles. The number of benzene rings is 2. The molecule has 2 bridgehead atoms. The molecule has 1 aliphatic heterocycles. The zero-order valence-electron chi connectivity index (χ0n) is 20.8. The largest absolute Gasteiger partial charge is 0.217 e. The summed E-state index contributed by atoms with van der Waals surface area (Å²) in [5, 5.41) is 1.53. The van der Waals surface area contributed by atoms with Crippen molar-refractivity contribution in [1.82, 2.24) is 0 Å². The molecule has 1 heteroatoms. The Morgan fingerprint density at radius 2 is 1.53 bits per heavy atom. The molecule has 7 rings (SSSR count). The Morgan fingerprint density at radius 1 is 0.875 bits per heavy atom. The molecule has 166 valence electrons. The Hall–Kier alpha value is -2.15. The van der Waals surface area contributed by atoms with Crippen LogP contribution in [0.15, 0.2) is 36.4 Å². The Bertz CT molecular complexity index is 1260. The van der Waals surface area contributed by atoms with E-state index < -0.39 is 0 Å². The van der Waals surface area contributed by atoms with E-state index >= 15 is 0 Å². The van der Waals surface area contributed by atoms with Crippen molar-refractivity contribution in [2.24, 2.45) is 0 Å². The van der Waals surface area contributed by atoms with Crippen molar-refractivity contribution in [3.63, 3.8) is 0 Å². The van der Waals surface area contributed by atoms with Gasteiger partial charge in [-0.2, -0.15) is 4.57 Å². The molecule has 1 saturated carbocycles. The van der Waals surface area contributed by atoms with Crippen molar-refractivity contribution in [2.45, 2.75) is 103 Å². The summed E-state index contributed by atoms with van der Waals surface area (Å²) in [6.07, 6.45) is 7.79. The summed E-state index contributed by atoms with van der Waals surface area (Å²) < 4.78 is 2.84. The molecule has 2 atom stereocenters. The minimum atomic E-state index is 0.0371. The van der Waals surface area contributed by atoms with Gasteiger partial charge in [0.2, 0.25) is 11.2 Å². The maximum Gasteiger partial charge on any atom is 0.217 e. The van der Waals surface area contributed by atoms with Gasteiger partial charge in [0, 0.05) is 25.0 Å². The van der Waals surface area contributed by atoms with Crippen molar-refractivity contribution < 1.29 is 4.57 Å². The highest BCUT2D eigenvalue weighted by molar-refractivity contribution is 5.87. The molecule has 32 heavy (non-hydrogen) atoms. The molecule has 0 spiro atoms. The van der Waals surface area contributed by atoms with Gasteiger partial charge in [-0.3, -0.25) is 0 Å². The van der Waals surface area contributed by atoms with Crippen LogP contribution in [0.3, 0.4) is 0 Å². The van der Waals surface area contributed by atoms with E-state index in [1.807, 2.05) is 0 Å². The molecule has 2 unspecified atom stereocenters. The summed E-state index contributed by atoms with van der Waals surface area (Å²) in [6, 6.07) is 14.3. The quantitative estimate of drug-likeness (QED) is 0.367. The highest BCUT2D eigenvalue weighted by atomic mass is 15.1. The first-order chi connectivity index (χ1) is 15.4. The number of aromatic nitrogens is 1. The molecule has 0 amide bonds. The second-order valence-electron chi connectivity index (χ2n) is 11.4. The van der Waals surface area contributed by atoms with E-state index in [1.165, 1.54) is 53.3 Å². The van der Waals surface area contributed by atoms with E-state index in [0.717, 1.165) is 24.7 Å². The van der Waals surface area contributed by atoms with E-state index in [0.29, 0.717) is 0 Å². The molecule has 3 aliphatic carbocycles. The van der Waals surface area contributed by atoms with Crippen molar-refractivity contribution in [1.29, 1.82) is 0 Å². The monoisotopic (exact) mass is 424 g/mol. The molecule has 0 saturated heterocycles. The third-order valence-electron chi connectivity index (χ3n) is 10.1. The van der Waals surface area contributed by atoms with E-state index in [-0.39, 0.29) is 11.0 Å². The summed E-state index contributed by atoms with van der Waals surface area (Å²) in [5.41, 5.74) is 12.6. The van der Waals surface area contributed by atoms with Crippen LogP contribution in [0.5, 0.6) is 0 Å². The van der Waals surface area contributed by atoms with Gasteiger partial charge in [0.1, 0.15) is 0 Å². The number of rotatable bonds is 2. The maximum atomic E-state index is 2.84. The number of fused-ring (bicyclic) bond motifs is 7. The number of pyridine rings is 1. The van der Waals surface area contributed by atoms with Crippen LogP contribution in [-0.2, 0) is 11.0 Å². The Morgan fingerprint density at radius 3 is 2.19 bits per heavy atom. The number of hydrogen-bond acceptors (Lipinski definition) is 0. The lowest BCUT2D eigenvalue weighted by Gasteiger charge is -2.49. The normalized spacial score (nSPS) is 30.2. The molecule has 1 nitrogen and oxygen atoms in total. The van der Waals surface area contributed by atoms with E-state index in [4.69, 9.17) is 0 Å². The molecule has 4 aliphatic rings. The predicted molar refractivity (Wildman–Crippen MR) is 135 cm³/mol. The Kier molecular flexibility index (Phi) is 4.27. The maximum absolute atomic E-state index is 2.84. The molecule has 2 aromatic carbocycles. The minimum Gasteiger partial charge on any atom is -0.185 e. The van der Waals surface area contributed by atoms with Gasteiger partial charge in [-0.15, -0.1) is 0 Å². The zero-order valence-corrected chi connectivity index (χ0v) is 20.8. The third-order valence-corrected chi connectivity index (χ3v) is 10.1. The second kappa shape index (κ2) is 6.69. The van der Waals surface area contributed by atoms with Crippen LogP contribution in [0, 0.1) is 13.8 Å². The van der Waals surface area contributed by atoms with E-state index in [9.17, 15) is 0 Å². The fourth-order valence-electron chi connectivity index (χ4n) is 8.22. The first kappa shape index (κ1) is 20.5. The van der Waals surface area contributed by atoms with Gasteiger partial charge in [-0.25, -0.2) is 0 Å². The molecule has 2 heterocycles. The summed E-state index contributed by atoms with van der Waals surface area (Å²) >= 11 is 0. The molecular formula is C31H38N+. The van der Waals surface area contributed by atoms with Gasteiger partial charge in [0.05, 0.1) is 16.4 Å². The average molecular weight is 425 g/mol. The lowest BCUT2D eigenvalue weighted by atomic mass is 9.57. The summed E-state index contributed by atoms with van der Waals surface area (Å²) in [4.78, 5) is 0. The van der Waals surface area contributed by atoms with Gasteiger partial charge in [-0.1, -0.05) is 37.6 Å². The number of aryl methyl sites for hydroxylation is 2. The van der Waals surface area contributed by atoms with Crippen molar-refractivity contribution >= 4 is 10.9 Å². The lowest BCUT2D eigenvalue weighted by molar-refractivity contribution is -0.743. The Labute approximate surface area is 193 Å². The highest BCUT2D eigenvalue weighted by Crippen LogP contribution is 2.58. The van der Waals surface area contributed by atoms with E-state index in [1.54, 1.807) is 22.4 Å². The van der Waals surface area contributed by atoms with Crippen LogP contribution < -0.4 is 4.57 Å². The highest BCUT2D eigenvalue weighted by Gasteiger charge is 2.59. The first-order valence-corrected chi connectivity index (χ1v) is 13.0.